The van der Waals surface area contributed by atoms with Crippen molar-refractivity contribution >= 4 is 23.2 Å². The van der Waals surface area contributed by atoms with E-state index in [-0.39, 0.29) is 18.4 Å². The summed E-state index contributed by atoms with van der Waals surface area (Å²) in [5.41, 5.74) is 7.99. The van der Waals surface area contributed by atoms with Crippen LogP contribution in [0.25, 0.3) is 0 Å². The van der Waals surface area contributed by atoms with Gasteiger partial charge in [0.15, 0.2) is 0 Å². The molecule has 0 bridgehead atoms. The highest BCUT2D eigenvalue weighted by Crippen LogP contribution is 2.32. The van der Waals surface area contributed by atoms with Crippen LogP contribution >= 0.6 is 0 Å². The van der Waals surface area contributed by atoms with E-state index >= 15 is 0 Å². The van der Waals surface area contributed by atoms with Crippen LogP contribution in [-0.2, 0) is 9.59 Å². The Kier molecular flexibility index (Phi) is 3.34. The molecule has 0 radical (unpaired) electrons. The fourth-order valence-corrected chi connectivity index (χ4v) is 2.13. The van der Waals surface area contributed by atoms with Gasteiger partial charge in [0.05, 0.1) is 17.9 Å². The number of anilines is 2. The van der Waals surface area contributed by atoms with Gasteiger partial charge >= 0.3 is 0 Å². The number of nitrogens with two attached hydrogens (primary N) is 1. The lowest BCUT2D eigenvalue weighted by atomic mass is 10.1. The maximum Gasteiger partial charge on any atom is 0.240 e. The average Bonchev–Trinajstić information content (AvgIpc) is 2.49. The number of nitrogens with zero attached hydrogens (tertiary/aromatic N) is 2. The van der Waals surface area contributed by atoms with Crippen LogP contribution < -0.4 is 15.5 Å². The Morgan fingerprint density at radius 1 is 1.39 bits per heavy atom. The topological polar surface area (TPSA) is 66.6 Å². The second-order valence-corrected chi connectivity index (χ2v) is 4.44. The van der Waals surface area contributed by atoms with E-state index in [1.165, 1.54) is 0 Å². The molecule has 1 aliphatic heterocycles. The van der Waals surface area contributed by atoms with Gasteiger partial charge < -0.3 is 15.5 Å². The van der Waals surface area contributed by atoms with E-state index in [4.69, 9.17) is 5.73 Å². The minimum atomic E-state index is -0.164. The van der Waals surface area contributed by atoms with Crippen molar-refractivity contribution in [1.82, 2.24) is 0 Å². The molecule has 0 fully saturated rings. The van der Waals surface area contributed by atoms with Crippen molar-refractivity contribution in [2.24, 2.45) is 5.73 Å². The molecule has 2 rings (SSSR count). The Morgan fingerprint density at radius 2 is 2.11 bits per heavy atom. The zero-order valence-corrected chi connectivity index (χ0v) is 10.6. The Morgan fingerprint density at radius 3 is 2.78 bits per heavy atom. The molecule has 5 heteroatoms. The van der Waals surface area contributed by atoms with Gasteiger partial charge in [0.25, 0.3) is 0 Å². The molecular weight excluding hydrogens is 230 g/mol. The standard InChI is InChI=1S/C13H17N3O2/c1-9-3-4-10-11(7-9)15(2)12(17)5-6-16(10)13(18)8-14/h3-4,7H,5-6,8,14H2,1-2H3. The van der Waals surface area contributed by atoms with E-state index in [2.05, 4.69) is 0 Å². The molecule has 96 valence electrons. The molecule has 2 amide bonds. The van der Waals surface area contributed by atoms with E-state index in [0.29, 0.717) is 13.0 Å². The number of benzene rings is 1. The molecule has 1 heterocycles. The zero-order chi connectivity index (χ0) is 13.3. The number of rotatable bonds is 1. The molecular formula is C13H17N3O2. The predicted octanol–water partition coefficient (Wildman–Crippen LogP) is 0.653. The summed E-state index contributed by atoms with van der Waals surface area (Å²) in [4.78, 5) is 26.9. The summed E-state index contributed by atoms with van der Waals surface area (Å²) in [6.45, 7) is 2.29. The predicted molar refractivity (Wildman–Crippen MR) is 70.6 cm³/mol. The van der Waals surface area contributed by atoms with Crippen molar-refractivity contribution in [2.75, 3.05) is 29.9 Å². The highest BCUT2D eigenvalue weighted by molar-refractivity contribution is 6.05. The van der Waals surface area contributed by atoms with E-state index < -0.39 is 0 Å². The van der Waals surface area contributed by atoms with Crippen LogP contribution in [-0.4, -0.2) is 32.0 Å². The van der Waals surface area contributed by atoms with Crippen LogP contribution in [0.4, 0.5) is 11.4 Å². The van der Waals surface area contributed by atoms with E-state index in [1.807, 2.05) is 25.1 Å². The van der Waals surface area contributed by atoms with Crippen LogP contribution in [0.2, 0.25) is 0 Å². The Hall–Kier alpha value is -1.88. The second kappa shape index (κ2) is 4.78. The van der Waals surface area contributed by atoms with Crippen molar-refractivity contribution in [3.63, 3.8) is 0 Å². The number of amides is 2. The number of aryl methyl sites for hydroxylation is 1. The maximum absolute atomic E-state index is 11.9. The monoisotopic (exact) mass is 247 g/mol. The maximum atomic E-state index is 11.9. The Bertz CT molecular complexity index is 499. The van der Waals surface area contributed by atoms with Gasteiger partial charge in [0, 0.05) is 20.0 Å². The summed E-state index contributed by atoms with van der Waals surface area (Å²) >= 11 is 0. The summed E-state index contributed by atoms with van der Waals surface area (Å²) in [5.74, 6) is -0.155. The molecule has 0 aromatic heterocycles. The summed E-state index contributed by atoms with van der Waals surface area (Å²) in [5, 5.41) is 0. The molecule has 1 aliphatic rings. The Labute approximate surface area is 106 Å². The molecule has 2 N–H and O–H groups in total. The largest absolute Gasteiger partial charge is 0.322 e. The number of hydrogen-bond donors (Lipinski definition) is 1. The number of hydrogen-bond acceptors (Lipinski definition) is 3. The fourth-order valence-electron chi connectivity index (χ4n) is 2.13. The second-order valence-electron chi connectivity index (χ2n) is 4.44. The first-order valence-corrected chi connectivity index (χ1v) is 5.92. The molecule has 0 aliphatic carbocycles. The minimum Gasteiger partial charge on any atom is -0.322 e. The first kappa shape index (κ1) is 12.6. The molecule has 0 saturated carbocycles. The van der Waals surface area contributed by atoms with Gasteiger partial charge in [-0.25, -0.2) is 0 Å². The van der Waals surface area contributed by atoms with Crippen molar-refractivity contribution < 1.29 is 9.59 Å². The van der Waals surface area contributed by atoms with Crippen LogP contribution in [0.3, 0.4) is 0 Å². The molecule has 5 nitrogen and oxygen atoms in total. The number of carbonyl (C=O) groups excluding carboxylic acids is 2. The third-order valence-electron chi connectivity index (χ3n) is 3.18. The van der Waals surface area contributed by atoms with Crippen LogP contribution in [0.1, 0.15) is 12.0 Å². The fraction of sp³-hybridized carbons (Fsp3) is 0.385. The van der Waals surface area contributed by atoms with Gasteiger partial charge in [-0.05, 0) is 24.6 Å². The number of fused-ring (bicyclic) bond motifs is 1. The summed E-state index contributed by atoms with van der Waals surface area (Å²) < 4.78 is 0. The lowest BCUT2D eigenvalue weighted by molar-refractivity contribution is -0.118. The molecule has 0 atom stereocenters. The molecule has 0 saturated heterocycles. The Balaban J connectivity index is 2.54. The van der Waals surface area contributed by atoms with Gasteiger partial charge in [0.1, 0.15) is 0 Å². The lowest BCUT2D eigenvalue weighted by Gasteiger charge is -2.23. The molecule has 0 unspecified atom stereocenters. The smallest absolute Gasteiger partial charge is 0.240 e. The zero-order valence-electron chi connectivity index (χ0n) is 10.6. The summed E-state index contributed by atoms with van der Waals surface area (Å²) in [6.07, 6.45) is 0.315. The quantitative estimate of drug-likeness (QED) is 0.792. The summed E-state index contributed by atoms with van der Waals surface area (Å²) in [6, 6.07) is 5.71. The van der Waals surface area contributed by atoms with Crippen molar-refractivity contribution in [1.29, 1.82) is 0 Å². The SMILES string of the molecule is Cc1ccc2c(c1)N(C)C(=O)CCN2C(=O)CN. The van der Waals surface area contributed by atoms with E-state index in [1.54, 1.807) is 16.8 Å². The van der Waals surface area contributed by atoms with Crippen molar-refractivity contribution in [3.8, 4) is 0 Å². The van der Waals surface area contributed by atoms with Crippen LogP contribution in [0, 0.1) is 6.92 Å². The average molecular weight is 247 g/mol. The highest BCUT2D eigenvalue weighted by Gasteiger charge is 2.26. The number of carbonyl (C=O) groups is 2. The molecule has 18 heavy (non-hydrogen) atoms. The van der Waals surface area contributed by atoms with E-state index in [0.717, 1.165) is 16.9 Å². The molecule has 0 spiro atoms. The molecule has 1 aromatic carbocycles. The highest BCUT2D eigenvalue weighted by atomic mass is 16.2. The first-order valence-electron chi connectivity index (χ1n) is 5.92. The van der Waals surface area contributed by atoms with Gasteiger partial charge in [-0.2, -0.15) is 0 Å². The van der Waals surface area contributed by atoms with Crippen molar-refractivity contribution in [3.05, 3.63) is 23.8 Å². The van der Waals surface area contributed by atoms with Gasteiger partial charge in [-0.1, -0.05) is 6.07 Å². The van der Waals surface area contributed by atoms with Crippen LogP contribution in [0.15, 0.2) is 18.2 Å². The molecule has 1 aromatic rings. The third kappa shape index (κ3) is 2.09. The first-order chi connectivity index (χ1) is 8.54. The van der Waals surface area contributed by atoms with Gasteiger partial charge in [-0.3, -0.25) is 9.59 Å². The minimum absolute atomic E-state index is 0.00849. The normalized spacial score (nSPS) is 15.4. The van der Waals surface area contributed by atoms with Crippen molar-refractivity contribution in [2.45, 2.75) is 13.3 Å². The third-order valence-corrected chi connectivity index (χ3v) is 3.18. The van der Waals surface area contributed by atoms with Gasteiger partial charge in [-0.15, -0.1) is 0 Å². The summed E-state index contributed by atoms with van der Waals surface area (Å²) in [7, 11) is 1.73. The van der Waals surface area contributed by atoms with Crippen LogP contribution in [0.5, 0.6) is 0 Å². The van der Waals surface area contributed by atoms with E-state index in [9.17, 15) is 9.59 Å². The lowest BCUT2D eigenvalue weighted by Crippen LogP contribution is -2.36. The van der Waals surface area contributed by atoms with Gasteiger partial charge in [0.2, 0.25) is 11.8 Å².